The first kappa shape index (κ1) is 13.0. The SMILES string of the molecule is CCC(CN)CCN1CCCC(C)(C)C1. The van der Waals surface area contributed by atoms with Gasteiger partial charge < -0.3 is 10.6 Å². The molecule has 1 atom stereocenters. The first-order chi connectivity index (χ1) is 7.07. The first-order valence-electron chi connectivity index (χ1n) is 6.50. The molecule has 0 aromatic heterocycles. The average molecular weight is 212 g/mol. The third-order valence-electron chi connectivity index (χ3n) is 3.74. The van der Waals surface area contributed by atoms with E-state index in [1.165, 1.54) is 45.3 Å². The molecule has 1 unspecified atom stereocenters. The van der Waals surface area contributed by atoms with Gasteiger partial charge in [-0.3, -0.25) is 0 Å². The Balaban J connectivity index is 2.26. The number of piperidine rings is 1. The highest BCUT2D eigenvalue weighted by Gasteiger charge is 2.26. The zero-order chi connectivity index (χ0) is 11.3. The molecule has 15 heavy (non-hydrogen) atoms. The maximum Gasteiger partial charge on any atom is 0.00327 e. The molecular weight excluding hydrogens is 184 g/mol. The smallest absolute Gasteiger partial charge is 0.00327 e. The van der Waals surface area contributed by atoms with E-state index < -0.39 is 0 Å². The van der Waals surface area contributed by atoms with Crippen molar-refractivity contribution in [3.63, 3.8) is 0 Å². The first-order valence-corrected chi connectivity index (χ1v) is 6.50. The molecule has 2 N–H and O–H groups in total. The Bertz CT molecular complexity index is 173. The molecule has 0 radical (unpaired) electrons. The second-order valence-electron chi connectivity index (χ2n) is 5.84. The van der Waals surface area contributed by atoms with E-state index in [9.17, 15) is 0 Å². The molecule has 0 aromatic rings. The average Bonchev–Trinajstić information content (AvgIpc) is 2.18. The lowest BCUT2D eigenvalue weighted by molar-refractivity contribution is 0.111. The van der Waals surface area contributed by atoms with Crippen LogP contribution in [0.5, 0.6) is 0 Å². The van der Waals surface area contributed by atoms with Crippen LogP contribution >= 0.6 is 0 Å². The van der Waals surface area contributed by atoms with Crippen molar-refractivity contribution in [3.05, 3.63) is 0 Å². The summed E-state index contributed by atoms with van der Waals surface area (Å²) in [6.07, 6.45) is 5.26. The van der Waals surface area contributed by atoms with E-state index in [4.69, 9.17) is 5.73 Å². The van der Waals surface area contributed by atoms with Crippen molar-refractivity contribution in [3.8, 4) is 0 Å². The Labute approximate surface area is 95.2 Å². The fourth-order valence-electron chi connectivity index (χ4n) is 2.59. The molecule has 1 saturated heterocycles. The molecule has 2 nitrogen and oxygen atoms in total. The van der Waals surface area contributed by atoms with Crippen LogP contribution in [0.1, 0.15) is 46.5 Å². The van der Waals surface area contributed by atoms with Gasteiger partial charge in [-0.1, -0.05) is 27.2 Å². The van der Waals surface area contributed by atoms with Gasteiger partial charge in [-0.05, 0) is 50.2 Å². The van der Waals surface area contributed by atoms with Crippen LogP contribution in [0.15, 0.2) is 0 Å². The van der Waals surface area contributed by atoms with Gasteiger partial charge >= 0.3 is 0 Å². The number of nitrogens with two attached hydrogens (primary N) is 1. The van der Waals surface area contributed by atoms with Gasteiger partial charge in [0.25, 0.3) is 0 Å². The minimum Gasteiger partial charge on any atom is -0.330 e. The van der Waals surface area contributed by atoms with Crippen LogP contribution in [0.25, 0.3) is 0 Å². The minimum atomic E-state index is 0.530. The molecule has 0 aromatic carbocycles. The molecule has 90 valence electrons. The van der Waals surface area contributed by atoms with Crippen LogP contribution in [0.2, 0.25) is 0 Å². The summed E-state index contributed by atoms with van der Waals surface area (Å²) >= 11 is 0. The lowest BCUT2D eigenvalue weighted by atomic mass is 9.84. The second kappa shape index (κ2) is 5.86. The molecular formula is C13H28N2. The number of hydrogen-bond acceptors (Lipinski definition) is 2. The summed E-state index contributed by atoms with van der Waals surface area (Å²) in [5.41, 5.74) is 6.26. The van der Waals surface area contributed by atoms with Crippen LogP contribution in [-0.2, 0) is 0 Å². The van der Waals surface area contributed by atoms with Gasteiger partial charge in [0.15, 0.2) is 0 Å². The van der Waals surface area contributed by atoms with Gasteiger partial charge in [0.2, 0.25) is 0 Å². The third kappa shape index (κ3) is 4.52. The fraction of sp³-hybridized carbons (Fsp3) is 1.00. The van der Waals surface area contributed by atoms with Crippen LogP contribution in [0, 0.1) is 11.3 Å². The summed E-state index contributed by atoms with van der Waals surface area (Å²) in [5.74, 6) is 0.732. The van der Waals surface area contributed by atoms with E-state index in [1.807, 2.05) is 0 Å². The molecule has 0 bridgehead atoms. The summed E-state index contributed by atoms with van der Waals surface area (Å²) in [6, 6.07) is 0. The molecule has 1 aliphatic rings. The molecule has 1 rings (SSSR count). The van der Waals surface area contributed by atoms with Gasteiger partial charge in [0.1, 0.15) is 0 Å². The van der Waals surface area contributed by atoms with Crippen molar-refractivity contribution < 1.29 is 0 Å². The largest absolute Gasteiger partial charge is 0.330 e. The van der Waals surface area contributed by atoms with Crippen molar-refractivity contribution >= 4 is 0 Å². The Morgan fingerprint density at radius 1 is 1.40 bits per heavy atom. The van der Waals surface area contributed by atoms with Crippen LogP contribution < -0.4 is 5.73 Å². The van der Waals surface area contributed by atoms with Crippen molar-refractivity contribution in [1.82, 2.24) is 4.90 Å². The van der Waals surface area contributed by atoms with E-state index in [2.05, 4.69) is 25.7 Å². The topological polar surface area (TPSA) is 29.3 Å². The second-order valence-corrected chi connectivity index (χ2v) is 5.84. The van der Waals surface area contributed by atoms with E-state index in [1.54, 1.807) is 0 Å². The molecule has 1 fully saturated rings. The normalized spacial score (nSPS) is 24.0. The summed E-state index contributed by atoms with van der Waals surface area (Å²) in [4.78, 5) is 2.63. The lowest BCUT2D eigenvalue weighted by Crippen LogP contribution is -2.41. The molecule has 1 aliphatic heterocycles. The van der Waals surface area contributed by atoms with Crippen molar-refractivity contribution in [2.75, 3.05) is 26.2 Å². The van der Waals surface area contributed by atoms with Crippen LogP contribution in [0.3, 0.4) is 0 Å². The van der Waals surface area contributed by atoms with Gasteiger partial charge in [-0.15, -0.1) is 0 Å². The summed E-state index contributed by atoms with van der Waals surface area (Å²) in [5, 5.41) is 0. The Hall–Kier alpha value is -0.0800. The lowest BCUT2D eigenvalue weighted by Gasteiger charge is -2.38. The van der Waals surface area contributed by atoms with Gasteiger partial charge in [-0.25, -0.2) is 0 Å². The maximum atomic E-state index is 5.73. The third-order valence-corrected chi connectivity index (χ3v) is 3.74. The fourth-order valence-corrected chi connectivity index (χ4v) is 2.59. The number of hydrogen-bond donors (Lipinski definition) is 1. The number of nitrogens with zero attached hydrogens (tertiary/aromatic N) is 1. The predicted octanol–water partition coefficient (Wildman–Crippen LogP) is 2.48. The monoisotopic (exact) mass is 212 g/mol. The molecule has 1 heterocycles. The predicted molar refractivity (Wildman–Crippen MR) is 66.9 cm³/mol. The standard InChI is InChI=1S/C13H28N2/c1-4-12(10-14)6-9-15-8-5-7-13(2,3)11-15/h12H,4-11,14H2,1-3H3. The molecule has 0 saturated carbocycles. The molecule has 0 amide bonds. The highest BCUT2D eigenvalue weighted by Crippen LogP contribution is 2.28. The number of likely N-dealkylation sites (tertiary alicyclic amines) is 1. The summed E-state index contributed by atoms with van der Waals surface area (Å²) < 4.78 is 0. The highest BCUT2D eigenvalue weighted by molar-refractivity contribution is 4.79. The van der Waals surface area contributed by atoms with Crippen molar-refractivity contribution in [2.24, 2.45) is 17.1 Å². The van der Waals surface area contributed by atoms with Crippen molar-refractivity contribution in [2.45, 2.75) is 46.5 Å². The molecule has 0 aliphatic carbocycles. The quantitative estimate of drug-likeness (QED) is 0.758. The zero-order valence-electron chi connectivity index (χ0n) is 10.8. The Morgan fingerprint density at radius 2 is 2.13 bits per heavy atom. The summed E-state index contributed by atoms with van der Waals surface area (Å²) in [6.45, 7) is 11.7. The van der Waals surface area contributed by atoms with E-state index in [-0.39, 0.29) is 0 Å². The van der Waals surface area contributed by atoms with Gasteiger partial charge in [-0.2, -0.15) is 0 Å². The van der Waals surface area contributed by atoms with E-state index in [0.29, 0.717) is 5.41 Å². The van der Waals surface area contributed by atoms with E-state index >= 15 is 0 Å². The van der Waals surface area contributed by atoms with E-state index in [0.717, 1.165) is 12.5 Å². The number of rotatable bonds is 5. The van der Waals surface area contributed by atoms with Crippen LogP contribution in [0.4, 0.5) is 0 Å². The van der Waals surface area contributed by atoms with Gasteiger partial charge in [0.05, 0.1) is 0 Å². The van der Waals surface area contributed by atoms with Crippen LogP contribution in [-0.4, -0.2) is 31.1 Å². The Morgan fingerprint density at radius 3 is 2.67 bits per heavy atom. The molecule has 0 spiro atoms. The van der Waals surface area contributed by atoms with Crippen molar-refractivity contribution in [1.29, 1.82) is 0 Å². The Kier molecular flexibility index (Phi) is 5.07. The zero-order valence-corrected chi connectivity index (χ0v) is 10.8. The summed E-state index contributed by atoms with van der Waals surface area (Å²) in [7, 11) is 0. The molecule has 2 heteroatoms. The highest BCUT2D eigenvalue weighted by atomic mass is 15.1. The minimum absolute atomic E-state index is 0.530. The van der Waals surface area contributed by atoms with Gasteiger partial charge in [0, 0.05) is 6.54 Å². The maximum absolute atomic E-state index is 5.73.